The van der Waals surface area contributed by atoms with Gasteiger partial charge in [-0.2, -0.15) is 0 Å². The van der Waals surface area contributed by atoms with Gasteiger partial charge in [-0.25, -0.2) is 9.37 Å². The van der Waals surface area contributed by atoms with Crippen LogP contribution in [0.3, 0.4) is 0 Å². The number of hydrogen-bond acceptors (Lipinski definition) is 5. The normalized spacial score (nSPS) is 15.1. The highest BCUT2D eigenvalue weighted by Gasteiger charge is 2.34. The number of thioether (sulfide) groups is 1. The first-order valence-electron chi connectivity index (χ1n) is 9.99. The van der Waals surface area contributed by atoms with Crippen LogP contribution in [0.5, 0.6) is 0 Å². The fourth-order valence-electron chi connectivity index (χ4n) is 3.47. The quantitative estimate of drug-likeness (QED) is 0.403. The van der Waals surface area contributed by atoms with Gasteiger partial charge in [-0.05, 0) is 54.8 Å². The predicted octanol–water partition coefficient (Wildman–Crippen LogP) is 3.88. The van der Waals surface area contributed by atoms with Crippen molar-refractivity contribution >= 4 is 35.1 Å². The maximum atomic E-state index is 13.4. The third-order valence-corrected chi connectivity index (χ3v) is 6.23. The first kappa shape index (κ1) is 21.8. The molecule has 164 valence electrons. The number of carbonyl (C=O) groups is 2. The number of halogens is 1. The number of hydrogen-bond donors (Lipinski definition) is 3. The molecule has 1 atom stereocenters. The first-order valence-corrected chi connectivity index (χ1v) is 11.0. The predicted molar refractivity (Wildman–Crippen MR) is 121 cm³/mol. The van der Waals surface area contributed by atoms with Crippen LogP contribution in [0, 0.1) is 19.7 Å². The van der Waals surface area contributed by atoms with E-state index in [4.69, 9.17) is 0 Å². The van der Waals surface area contributed by atoms with Crippen molar-refractivity contribution in [3.63, 3.8) is 0 Å². The number of H-pyrrole nitrogens is 1. The molecule has 9 heteroatoms. The van der Waals surface area contributed by atoms with Gasteiger partial charge in [-0.1, -0.05) is 30.0 Å². The van der Waals surface area contributed by atoms with E-state index < -0.39 is 23.3 Å². The van der Waals surface area contributed by atoms with Crippen LogP contribution in [-0.4, -0.2) is 21.8 Å². The number of benzene rings is 2. The molecule has 0 saturated heterocycles. The van der Waals surface area contributed by atoms with Crippen molar-refractivity contribution in [2.24, 2.45) is 0 Å². The average Bonchev–Trinajstić information content (AvgIpc) is 2.74. The number of anilines is 2. The molecule has 2 aromatic carbocycles. The number of aryl methyl sites for hydroxylation is 2. The molecule has 1 aliphatic rings. The number of aromatic nitrogens is 2. The molecule has 0 spiro atoms. The van der Waals surface area contributed by atoms with Gasteiger partial charge in [0.1, 0.15) is 11.6 Å². The number of fused-ring (bicyclic) bond motifs is 1. The molecule has 2 heterocycles. The topological polar surface area (TPSA) is 104 Å². The van der Waals surface area contributed by atoms with Gasteiger partial charge >= 0.3 is 0 Å². The summed E-state index contributed by atoms with van der Waals surface area (Å²) in [5, 5.41) is 5.66. The molecule has 0 saturated carbocycles. The van der Waals surface area contributed by atoms with Crippen molar-refractivity contribution in [1.82, 2.24) is 9.97 Å². The average molecular weight is 453 g/mol. The van der Waals surface area contributed by atoms with Crippen LogP contribution in [0.2, 0.25) is 0 Å². The molecule has 1 aromatic heterocycles. The lowest BCUT2D eigenvalue weighted by Gasteiger charge is -2.23. The fraction of sp³-hybridized carbons (Fsp3) is 0.217. The minimum atomic E-state index is -0.959. The smallest absolute Gasteiger partial charge is 0.257 e. The number of nitrogens with zero attached hydrogens (tertiary/aromatic N) is 1. The van der Waals surface area contributed by atoms with Crippen molar-refractivity contribution in [2.45, 2.75) is 37.1 Å². The molecule has 0 fully saturated rings. The molecule has 0 bridgehead atoms. The summed E-state index contributed by atoms with van der Waals surface area (Å²) in [6, 6.07) is 11.6. The van der Waals surface area contributed by atoms with Crippen molar-refractivity contribution in [3.05, 3.63) is 80.9 Å². The van der Waals surface area contributed by atoms with Crippen molar-refractivity contribution in [2.75, 3.05) is 10.6 Å². The zero-order chi connectivity index (χ0) is 22.8. The van der Waals surface area contributed by atoms with Gasteiger partial charge in [0.25, 0.3) is 5.56 Å². The van der Waals surface area contributed by atoms with Crippen molar-refractivity contribution < 1.29 is 14.0 Å². The molecular weight excluding hydrogens is 431 g/mol. The molecule has 3 aromatic rings. The minimum Gasteiger partial charge on any atom is -0.326 e. The van der Waals surface area contributed by atoms with Gasteiger partial charge < -0.3 is 15.6 Å². The molecule has 3 N–H and O–H groups in total. The van der Waals surface area contributed by atoms with E-state index in [-0.39, 0.29) is 28.8 Å². The zero-order valence-corrected chi connectivity index (χ0v) is 18.3. The Hall–Kier alpha value is -3.46. The summed E-state index contributed by atoms with van der Waals surface area (Å²) in [6.45, 7) is 3.91. The van der Waals surface area contributed by atoms with Gasteiger partial charge in [0.2, 0.25) is 11.8 Å². The second-order valence-electron chi connectivity index (χ2n) is 7.65. The molecule has 0 unspecified atom stereocenters. The largest absolute Gasteiger partial charge is 0.326 e. The number of amides is 2. The lowest BCUT2D eigenvalue weighted by atomic mass is 9.92. The number of carbonyl (C=O) groups excluding carboxylic acids is 2. The van der Waals surface area contributed by atoms with E-state index in [0.717, 1.165) is 16.7 Å². The second kappa shape index (κ2) is 8.96. The van der Waals surface area contributed by atoms with E-state index in [9.17, 15) is 18.8 Å². The Kier molecular flexibility index (Phi) is 6.09. The Balaban J connectivity index is 1.57. The Morgan fingerprint density at radius 3 is 2.75 bits per heavy atom. The highest BCUT2D eigenvalue weighted by Crippen LogP contribution is 2.31. The minimum absolute atomic E-state index is 0.0759. The molecule has 2 amide bonds. The standard InChI is InChI=1S/C23H21FN4O3S/c1-12-6-7-16(8-13(12)2)25-21(30)17-10-18(29)26-20-19(17)22(31)28-23(27-20)32-11-14-4-3-5-15(24)9-14/h3-9,17H,10-11H2,1-2H3,(H,25,30)(H2,26,27,28,29,31)/t17-/m1/s1. The van der Waals surface area contributed by atoms with Crippen LogP contribution in [0.15, 0.2) is 52.4 Å². The fourth-order valence-corrected chi connectivity index (χ4v) is 4.27. The van der Waals surface area contributed by atoms with E-state index in [1.54, 1.807) is 18.2 Å². The number of rotatable bonds is 5. The molecule has 0 radical (unpaired) electrons. The van der Waals surface area contributed by atoms with Crippen LogP contribution in [0.25, 0.3) is 0 Å². The summed E-state index contributed by atoms with van der Waals surface area (Å²) in [7, 11) is 0. The third-order valence-electron chi connectivity index (χ3n) is 5.28. The number of aromatic amines is 1. The van der Waals surface area contributed by atoms with Crippen LogP contribution < -0.4 is 16.2 Å². The van der Waals surface area contributed by atoms with E-state index in [2.05, 4.69) is 20.6 Å². The Bertz CT molecular complexity index is 1270. The van der Waals surface area contributed by atoms with E-state index in [0.29, 0.717) is 11.4 Å². The van der Waals surface area contributed by atoms with Crippen molar-refractivity contribution in [1.29, 1.82) is 0 Å². The van der Waals surface area contributed by atoms with E-state index in [1.165, 1.54) is 23.9 Å². The Morgan fingerprint density at radius 2 is 2.00 bits per heavy atom. The molecule has 1 aliphatic heterocycles. The zero-order valence-electron chi connectivity index (χ0n) is 17.5. The SMILES string of the molecule is Cc1ccc(NC(=O)[C@@H]2CC(=O)Nc3nc(SCc4cccc(F)c4)[nH]c(=O)c32)cc1C. The summed E-state index contributed by atoms with van der Waals surface area (Å²) >= 11 is 1.20. The van der Waals surface area contributed by atoms with Crippen LogP contribution >= 0.6 is 11.8 Å². The highest BCUT2D eigenvalue weighted by atomic mass is 32.2. The summed E-state index contributed by atoms with van der Waals surface area (Å²) in [5.74, 6) is -1.69. The molecule has 4 rings (SSSR count). The molecule has 7 nitrogen and oxygen atoms in total. The van der Waals surface area contributed by atoms with Crippen LogP contribution in [0.1, 0.15) is 34.6 Å². The summed E-state index contributed by atoms with van der Waals surface area (Å²) in [4.78, 5) is 45.0. The molecule has 0 aliphatic carbocycles. The lowest BCUT2D eigenvalue weighted by molar-refractivity contribution is -0.123. The molecule has 32 heavy (non-hydrogen) atoms. The van der Waals surface area contributed by atoms with Gasteiger partial charge in [0.05, 0.1) is 11.5 Å². The summed E-state index contributed by atoms with van der Waals surface area (Å²) < 4.78 is 13.4. The van der Waals surface area contributed by atoms with E-state index >= 15 is 0 Å². The van der Waals surface area contributed by atoms with Crippen LogP contribution in [0.4, 0.5) is 15.9 Å². The summed E-state index contributed by atoms with van der Waals surface area (Å²) in [5.41, 5.74) is 3.07. The van der Waals surface area contributed by atoms with Gasteiger partial charge in [-0.3, -0.25) is 14.4 Å². The maximum Gasteiger partial charge on any atom is 0.257 e. The Morgan fingerprint density at radius 1 is 1.19 bits per heavy atom. The highest BCUT2D eigenvalue weighted by molar-refractivity contribution is 7.98. The third kappa shape index (κ3) is 4.72. The lowest BCUT2D eigenvalue weighted by Crippen LogP contribution is -2.36. The monoisotopic (exact) mass is 452 g/mol. The first-order chi connectivity index (χ1) is 15.3. The van der Waals surface area contributed by atoms with Gasteiger partial charge in [0.15, 0.2) is 5.16 Å². The summed E-state index contributed by atoms with van der Waals surface area (Å²) in [6.07, 6.45) is -0.149. The van der Waals surface area contributed by atoms with E-state index in [1.807, 2.05) is 26.0 Å². The van der Waals surface area contributed by atoms with Crippen molar-refractivity contribution in [3.8, 4) is 0 Å². The van der Waals surface area contributed by atoms with Gasteiger partial charge in [0, 0.05) is 17.9 Å². The molecular formula is C23H21FN4O3S. The second-order valence-corrected chi connectivity index (χ2v) is 8.61. The maximum absolute atomic E-state index is 13.4. The van der Waals surface area contributed by atoms with Crippen LogP contribution in [-0.2, 0) is 15.3 Å². The van der Waals surface area contributed by atoms with Gasteiger partial charge in [-0.15, -0.1) is 0 Å². The Labute approximate surface area is 187 Å². The number of nitrogens with one attached hydrogen (secondary N) is 3.